The van der Waals surface area contributed by atoms with Crippen molar-refractivity contribution in [2.24, 2.45) is 0 Å². The summed E-state index contributed by atoms with van der Waals surface area (Å²) in [5.74, 6) is 1.18. The molecule has 27 heavy (non-hydrogen) atoms. The third-order valence-electron chi connectivity index (χ3n) is 4.04. The van der Waals surface area contributed by atoms with Gasteiger partial charge >= 0.3 is 0 Å². The molecule has 1 N–H and O–H groups in total. The van der Waals surface area contributed by atoms with Crippen LogP contribution in [0, 0.1) is 12.7 Å². The summed E-state index contributed by atoms with van der Waals surface area (Å²) in [5, 5.41) is 7.87. The van der Waals surface area contributed by atoms with E-state index >= 15 is 0 Å². The van der Waals surface area contributed by atoms with Gasteiger partial charge in [-0.2, -0.15) is 16.9 Å². The number of nitrogens with zero attached hydrogens (tertiary/aromatic N) is 2. The van der Waals surface area contributed by atoms with Gasteiger partial charge in [-0.1, -0.05) is 23.7 Å². The number of halogens is 2. The van der Waals surface area contributed by atoms with Gasteiger partial charge in [0.25, 0.3) is 5.91 Å². The second-order valence-corrected chi connectivity index (χ2v) is 7.51. The smallest absolute Gasteiger partial charge is 0.254 e. The van der Waals surface area contributed by atoms with Gasteiger partial charge in [0.2, 0.25) is 0 Å². The fourth-order valence-electron chi connectivity index (χ4n) is 2.58. The molecule has 7 heteroatoms. The molecule has 0 spiro atoms. The van der Waals surface area contributed by atoms with Gasteiger partial charge in [0.1, 0.15) is 5.82 Å². The fourth-order valence-corrected chi connectivity index (χ4v) is 3.52. The Balaban J connectivity index is 1.49. The number of carbonyl (C=O) groups excluding carboxylic acids is 1. The summed E-state index contributed by atoms with van der Waals surface area (Å²) in [7, 11) is 0. The summed E-state index contributed by atoms with van der Waals surface area (Å²) in [6.07, 6.45) is 1.57. The molecule has 4 nitrogen and oxygen atoms in total. The molecule has 140 valence electrons. The van der Waals surface area contributed by atoms with Crippen LogP contribution in [0.3, 0.4) is 0 Å². The molecule has 0 radical (unpaired) electrons. The van der Waals surface area contributed by atoms with Crippen molar-refractivity contribution in [3.63, 3.8) is 0 Å². The summed E-state index contributed by atoms with van der Waals surface area (Å²) in [6.45, 7) is 2.41. The van der Waals surface area contributed by atoms with Gasteiger partial charge in [-0.3, -0.25) is 4.79 Å². The van der Waals surface area contributed by atoms with E-state index in [2.05, 4.69) is 10.4 Å². The maximum atomic E-state index is 12.9. The second-order valence-electron chi connectivity index (χ2n) is 5.97. The highest BCUT2D eigenvalue weighted by Crippen LogP contribution is 2.17. The van der Waals surface area contributed by atoms with Crippen molar-refractivity contribution in [2.75, 3.05) is 12.3 Å². The van der Waals surface area contributed by atoms with E-state index in [9.17, 15) is 9.18 Å². The number of amides is 1. The molecule has 2 aromatic carbocycles. The normalized spacial score (nSPS) is 10.8. The Morgan fingerprint density at radius 1 is 1.19 bits per heavy atom. The Morgan fingerprint density at radius 3 is 2.59 bits per heavy atom. The Labute approximate surface area is 166 Å². The van der Waals surface area contributed by atoms with E-state index in [1.165, 1.54) is 12.1 Å². The first-order valence-corrected chi connectivity index (χ1v) is 9.99. The lowest BCUT2D eigenvalue weighted by Crippen LogP contribution is -2.26. The topological polar surface area (TPSA) is 46.9 Å². The van der Waals surface area contributed by atoms with Crippen molar-refractivity contribution in [2.45, 2.75) is 12.7 Å². The zero-order valence-corrected chi connectivity index (χ0v) is 16.4. The molecule has 3 rings (SSSR count). The van der Waals surface area contributed by atoms with Crippen molar-refractivity contribution < 1.29 is 9.18 Å². The highest BCUT2D eigenvalue weighted by Gasteiger charge is 2.14. The predicted molar refractivity (Wildman–Crippen MR) is 108 cm³/mol. The lowest BCUT2D eigenvalue weighted by atomic mass is 10.2. The van der Waals surface area contributed by atoms with Crippen molar-refractivity contribution in [3.05, 3.63) is 82.4 Å². The van der Waals surface area contributed by atoms with Crippen LogP contribution < -0.4 is 5.32 Å². The molecule has 0 aliphatic heterocycles. The third kappa shape index (κ3) is 5.11. The number of benzene rings is 2. The van der Waals surface area contributed by atoms with Crippen LogP contribution in [0.2, 0.25) is 5.02 Å². The molecular weight excluding hydrogens is 385 g/mol. The maximum absolute atomic E-state index is 12.9. The summed E-state index contributed by atoms with van der Waals surface area (Å²) in [4.78, 5) is 12.4. The molecule has 0 saturated carbocycles. The van der Waals surface area contributed by atoms with Crippen LogP contribution in [0.1, 0.15) is 21.6 Å². The van der Waals surface area contributed by atoms with E-state index in [0.717, 1.165) is 28.5 Å². The fraction of sp³-hybridized carbons (Fsp3) is 0.200. The van der Waals surface area contributed by atoms with Crippen molar-refractivity contribution >= 4 is 29.3 Å². The van der Waals surface area contributed by atoms with Crippen molar-refractivity contribution in [3.8, 4) is 5.69 Å². The molecule has 0 atom stereocenters. The number of hydrogen-bond acceptors (Lipinski definition) is 3. The molecule has 1 heterocycles. The zero-order valence-electron chi connectivity index (χ0n) is 14.8. The molecule has 0 aliphatic rings. The van der Waals surface area contributed by atoms with Gasteiger partial charge in [0.05, 0.1) is 23.1 Å². The van der Waals surface area contributed by atoms with Crippen LogP contribution in [0.25, 0.3) is 5.69 Å². The first-order valence-electron chi connectivity index (χ1n) is 8.45. The highest BCUT2D eigenvalue weighted by molar-refractivity contribution is 7.98. The van der Waals surface area contributed by atoms with Crippen molar-refractivity contribution in [1.29, 1.82) is 0 Å². The van der Waals surface area contributed by atoms with Crippen molar-refractivity contribution in [1.82, 2.24) is 15.1 Å². The summed E-state index contributed by atoms with van der Waals surface area (Å²) >= 11 is 7.60. The van der Waals surface area contributed by atoms with Crippen LogP contribution in [0.5, 0.6) is 0 Å². The first kappa shape index (κ1) is 19.5. The van der Waals surface area contributed by atoms with E-state index < -0.39 is 0 Å². The standard InChI is InChI=1S/C20H19ClFN3OS/c1-14-19(12-24-25(14)18-8-4-16(21)5-9-18)20(26)23-10-11-27-13-15-2-6-17(22)7-3-15/h2-9,12H,10-11,13H2,1H3,(H,23,26). The highest BCUT2D eigenvalue weighted by atomic mass is 35.5. The average molecular weight is 404 g/mol. The molecule has 0 fully saturated rings. The number of nitrogens with one attached hydrogen (secondary N) is 1. The molecule has 3 aromatic rings. The summed E-state index contributed by atoms with van der Waals surface area (Å²) in [6, 6.07) is 13.8. The number of thioether (sulfide) groups is 1. The van der Waals surface area contributed by atoms with Gasteiger partial charge in [-0.25, -0.2) is 9.07 Å². The molecular formula is C20H19ClFN3OS. The Morgan fingerprint density at radius 2 is 1.89 bits per heavy atom. The monoisotopic (exact) mass is 403 g/mol. The molecule has 0 saturated heterocycles. The Hall–Kier alpha value is -2.31. The summed E-state index contributed by atoms with van der Waals surface area (Å²) < 4.78 is 14.6. The summed E-state index contributed by atoms with van der Waals surface area (Å²) in [5.41, 5.74) is 3.24. The average Bonchev–Trinajstić information content (AvgIpc) is 3.05. The lowest BCUT2D eigenvalue weighted by Gasteiger charge is -2.07. The van der Waals surface area contributed by atoms with Crippen LogP contribution in [-0.2, 0) is 5.75 Å². The maximum Gasteiger partial charge on any atom is 0.254 e. The predicted octanol–water partition coefficient (Wildman–Crippen LogP) is 4.64. The van der Waals surface area contributed by atoms with Crippen LogP contribution >= 0.6 is 23.4 Å². The minimum absolute atomic E-state index is 0.143. The molecule has 1 aromatic heterocycles. The van der Waals surface area contributed by atoms with Gasteiger partial charge < -0.3 is 5.32 Å². The molecule has 0 bridgehead atoms. The minimum atomic E-state index is -0.231. The largest absolute Gasteiger partial charge is 0.351 e. The van der Waals surface area contributed by atoms with E-state index in [1.54, 1.807) is 46.9 Å². The Bertz CT molecular complexity index is 910. The molecule has 0 aliphatic carbocycles. The van der Waals surface area contributed by atoms with E-state index in [0.29, 0.717) is 17.1 Å². The first-order chi connectivity index (χ1) is 13.0. The minimum Gasteiger partial charge on any atom is -0.351 e. The third-order valence-corrected chi connectivity index (χ3v) is 5.32. The second kappa shape index (κ2) is 9.06. The SMILES string of the molecule is Cc1c(C(=O)NCCSCc2ccc(F)cc2)cnn1-c1ccc(Cl)cc1. The van der Waals surface area contributed by atoms with Gasteiger partial charge in [0.15, 0.2) is 0 Å². The Kier molecular flexibility index (Phi) is 6.53. The van der Waals surface area contributed by atoms with Crippen LogP contribution in [0.15, 0.2) is 54.7 Å². The molecule has 1 amide bonds. The number of aromatic nitrogens is 2. The van der Waals surface area contributed by atoms with Crippen LogP contribution in [-0.4, -0.2) is 28.0 Å². The van der Waals surface area contributed by atoms with Gasteiger partial charge in [-0.05, 0) is 48.9 Å². The number of carbonyl (C=O) groups is 1. The van der Waals surface area contributed by atoms with Gasteiger partial charge in [0, 0.05) is 23.1 Å². The van der Waals surface area contributed by atoms with E-state index in [-0.39, 0.29) is 11.7 Å². The quantitative estimate of drug-likeness (QED) is 0.585. The number of rotatable bonds is 7. The number of hydrogen-bond donors (Lipinski definition) is 1. The van der Waals surface area contributed by atoms with Gasteiger partial charge in [-0.15, -0.1) is 0 Å². The van der Waals surface area contributed by atoms with Crippen LogP contribution in [0.4, 0.5) is 4.39 Å². The molecule has 0 unspecified atom stereocenters. The van der Waals surface area contributed by atoms with E-state index in [1.807, 2.05) is 19.1 Å². The zero-order chi connectivity index (χ0) is 19.2. The lowest BCUT2D eigenvalue weighted by molar-refractivity contribution is 0.0955. The van der Waals surface area contributed by atoms with E-state index in [4.69, 9.17) is 11.6 Å².